The summed E-state index contributed by atoms with van der Waals surface area (Å²) in [6.45, 7) is 2.63. The van der Waals surface area contributed by atoms with Gasteiger partial charge in [0, 0.05) is 25.1 Å². The predicted octanol–water partition coefficient (Wildman–Crippen LogP) is 2.15. The van der Waals surface area contributed by atoms with Crippen molar-refractivity contribution in [3.8, 4) is 11.5 Å². The topological polar surface area (TPSA) is 39.7 Å². The van der Waals surface area contributed by atoms with E-state index in [0.717, 1.165) is 43.4 Å². The number of anilines is 1. The molecule has 0 aliphatic carbocycles. The molecule has 1 fully saturated rings. The second-order valence-electron chi connectivity index (χ2n) is 4.18. The van der Waals surface area contributed by atoms with Gasteiger partial charge in [-0.05, 0) is 18.6 Å². The largest absolute Gasteiger partial charge is 0.497 e. The smallest absolute Gasteiger partial charge is 0.142 e. The fourth-order valence-electron chi connectivity index (χ4n) is 1.95. The fourth-order valence-corrected chi connectivity index (χ4v) is 1.95. The Kier molecular flexibility index (Phi) is 4.09. The van der Waals surface area contributed by atoms with E-state index in [1.807, 2.05) is 18.2 Å². The molecule has 0 saturated carbocycles. The first kappa shape index (κ1) is 12.0. The van der Waals surface area contributed by atoms with Gasteiger partial charge in [-0.1, -0.05) is 0 Å². The SMILES string of the molecule is COc1ccc(OC)c(NCC2CCOC2)c1. The minimum Gasteiger partial charge on any atom is -0.497 e. The van der Waals surface area contributed by atoms with Crippen molar-refractivity contribution >= 4 is 5.69 Å². The highest BCUT2D eigenvalue weighted by atomic mass is 16.5. The quantitative estimate of drug-likeness (QED) is 0.851. The molecular formula is C13H19NO3. The van der Waals surface area contributed by atoms with Crippen molar-refractivity contribution in [3.05, 3.63) is 18.2 Å². The van der Waals surface area contributed by atoms with Gasteiger partial charge in [-0.25, -0.2) is 0 Å². The maximum Gasteiger partial charge on any atom is 0.142 e. The number of hydrogen-bond acceptors (Lipinski definition) is 4. The molecule has 1 aromatic rings. The Morgan fingerprint density at radius 3 is 2.88 bits per heavy atom. The minimum atomic E-state index is 0.589. The van der Waals surface area contributed by atoms with E-state index < -0.39 is 0 Å². The molecule has 94 valence electrons. The Bertz CT molecular complexity index is 362. The molecule has 0 radical (unpaired) electrons. The van der Waals surface area contributed by atoms with Gasteiger partial charge < -0.3 is 19.5 Å². The Morgan fingerprint density at radius 2 is 2.24 bits per heavy atom. The van der Waals surface area contributed by atoms with Crippen LogP contribution in [0.3, 0.4) is 0 Å². The highest BCUT2D eigenvalue weighted by Crippen LogP contribution is 2.29. The number of hydrogen-bond donors (Lipinski definition) is 1. The van der Waals surface area contributed by atoms with Crippen molar-refractivity contribution in [2.45, 2.75) is 6.42 Å². The van der Waals surface area contributed by atoms with E-state index in [-0.39, 0.29) is 0 Å². The van der Waals surface area contributed by atoms with Crippen molar-refractivity contribution in [2.24, 2.45) is 5.92 Å². The summed E-state index contributed by atoms with van der Waals surface area (Å²) in [4.78, 5) is 0. The fraction of sp³-hybridized carbons (Fsp3) is 0.538. The first-order valence-electron chi connectivity index (χ1n) is 5.87. The van der Waals surface area contributed by atoms with Crippen molar-refractivity contribution in [3.63, 3.8) is 0 Å². The zero-order chi connectivity index (χ0) is 12.1. The Labute approximate surface area is 102 Å². The zero-order valence-corrected chi connectivity index (χ0v) is 10.4. The van der Waals surface area contributed by atoms with E-state index in [1.165, 1.54) is 0 Å². The van der Waals surface area contributed by atoms with Gasteiger partial charge >= 0.3 is 0 Å². The van der Waals surface area contributed by atoms with Gasteiger partial charge in [-0.2, -0.15) is 0 Å². The van der Waals surface area contributed by atoms with Crippen molar-refractivity contribution < 1.29 is 14.2 Å². The van der Waals surface area contributed by atoms with E-state index in [1.54, 1.807) is 14.2 Å². The highest BCUT2D eigenvalue weighted by Gasteiger charge is 2.16. The molecule has 2 rings (SSSR count). The van der Waals surface area contributed by atoms with E-state index >= 15 is 0 Å². The number of rotatable bonds is 5. The molecule has 17 heavy (non-hydrogen) atoms. The third-order valence-electron chi connectivity index (χ3n) is 3.01. The summed E-state index contributed by atoms with van der Waals surface area (Å²) in [7, 11) is 3.34. The lowest BCUT2D eigenvalue weighted by Crippen LogP contribution is -2.14. The normalized spacial score (nSPS) is 19.1. The van der Waals surface area contributed by atoms with Crippen LogP contribution in [0.5, 0.6) is 11.5 Å². The zero-order valence-electron chi connectivity index (χ0n) is 10.4. The second-order valence-corrected chi connectivity index (χ2v) is 4.18. The van der Waals surface area contributed by atoms with Gasteiger partial charge in [0.1, 0.15) is 11.5 Å². The Hall–Kier alpha value is -1.42. The first-order valence-corrected chi connectivity index (χ1v) is 5.87. The number of benzene rings is 1. The maximum atomic E-state index is 5.35. The lowest BCUT2D eigenvalue weighted by atomic mass is 10.1. The Balaban J connectivity index is 2.01. The van der Waals surface area contributed by atoms with Crippen molar-refractivity contribution in [1.82, 2.24) is 0 Å². The van der Waals surface area contributed by atoms with Gasteiger partial charge in [0.2, 0.25) is 0 Å². The van der Waals surface area contributed by atoms with Crippen LogP contribution in [0.1, 0.15) is 6.42 Å². The van der Waals surface area contributed by atoms with Crippen LogP contribution < -0.4 is 14.8 Å². The standard InChI is InChI=1S/C13H19NO3/c1-15-11-3-4-13(16-2)12(7-11)14-8-10-5-6-17-9-10/h3-4,7,10,14H,5-6,8-9H2,1-2H3. The molecule has 0 amide bonds. The molecule has 4 nitrogen and oxygen atoms in total. The van der Waals surface area contributed by atoms with Gasteiger partial charge in [0.25, 0.3) is 0 Å². The molecular weight excluding hydrogens is 218 g/mol. The van der Waals surface area contributed by atoms with Crippen LogP contribution in [-0.2, 0) is 4.74 Å². The molecule has 1 aliphatic rings. The summed E-state index contributed by atoms with van der Waals surface area (Å²) < 4.78 is 15.9. The van der Waals surface area contributed by atoms with Crippen LogP contribution >= 0.6 is 0 Å². The predicted molar refractivity (Wildman–Crippen MR) is 67.0 cm³/mol. The van der Waals surface area contributed by atoms with Crippen LogP contribution in [0.4, 0.5) is 5.69 Å². The lowest BCUT2D eigenvalue weighted by Gasteiger charge is -2.14. The molecule has 1 N–H and O–H groups in total. The molecule has 1 saturated heterocycles. The summed E-state index contributed by atoms with van der Waals surface area (Å²) in [6, 6.07) is 5.75. The van der Waals surface area contributed by atoms with Crippen LogP contribution in [0, 0.1) is 5.92 Å². The molecule has 1 atom stereocenters. The third kappa shape index (κ3) is 3.03. The summed E-state index contributed by atoms with van der Waals surface area (Å²) >= 11 is 0. The molecule has 1 unspecified atom stereocenters. The molecule has 0 bridgehead atoms. The monoisotopic (exact) mass is 237 g/mol. The summed E-state index contributed by atoms with van der Waals surface area (Å²) in [5.41, 5.74) is 0.971. The van der Waals surface area contributed by atoms with Crippen molar-refractivity contribution in [2.75, 3.05) is 39.3 Å². The van der Waals surface area contributed by atoms with Crippen LogP contribution in [0.15, 0.2) is 18.2 Å². The number of methoxy groups -OCH3 is 2. The number of nitrogens with one attached hydrogen (secondary N) is 1. The van der Waals surface area contributed by atoms with Crippen LogP contribution in [0.2, 0.25) is 0 Å². The molecule has 1 aromatic carbocycles. The van der Waals surface area contributed by atoms with E-state index in [4.69, 9.17) is 14.2 Å². The first-order chi connectivity index (χ1) is 8.33. The third-order valence-corrected chi connectivity index (χ3v) is 3.01. The van der Waals surface area contributed by atoms with Crippen LogP contribution in [0.25, 0.3) is 0 Å². The van der Waals surface area contributed by atoms with E-state index in [0.29, 0.717) is 5.92 Å². The highest BCUT2D eigenvalue weighted by molar-refractivity contribution is 5.59. The minimum absolute atomic E-state index is 0.589. The molecule has 0 aromatic heterocycles. The lowest BCUT2D eigenvalue weighted by molar-refractivity contribution is 0.187. The van der Waals surface area contributed by atoms with Gasteiger partial charge in [0.05, 0.1) is 26.5 Å². The average Bonchev–Trinajstić information content (AvgIpc) is 2.89. The molecule has 1 heterocycles. The summed E-state index contributed by atoms with van der Waals surface area (Å²) in [5.74, 6) is 2.26. The van der Waals surface area contributed by atoms with Gasteiger partial charge in [0.15, 0.2) is 0 Å². The molecule has 1 aliphatic heterocycles. The van der Waals surface area contributed by atoms with Crippen molar-refractivity contribution in [1.29, 1.82) is 0 Å². The summed E-state index contributed by atoms with van der Waals surface area (Å²) in [5, 5.41) is 3.40. The van der Waals surface area contributed by atoms with Gasteiger partial charge in [-0.3, -0.25) is 0 Å². The van der Waals surface area contributed by atoms with E-state index in [2.05, 4.69) is 5.32 Å². The second kappa shape index (κ2) is 5.77. The molecule has 4 heteroatoms. The average molecular weight is 237 g/mol. The molecule has 0 spiro atoms. The maximum absolute atomic E-state index is 5.35. The summed E-state index contributed by atoms with van der Waals surface area (Å²) in [6.07, 6.45) is 1.12. The Morgan fingerprint density at radius 1 is 1.35 bits per heavy atom. The number of ether oxygens (including phenoxy) is 3. The van der Waals surface area contributed by atoms with Crippen LogP contribution in [-0.4, -0.2) is 34.0 Å². The van der Waals surface area contributed by atoms with Gasteiger partial charge in [-0.15, -0.1) is 0 Å². The van der Waals surface area contributed by atoms with E-state index in [9.17, 15) is 0 Å².